The molecule has 0 aliphatic carbocycles. The van der Waals surface area contributed by atoms with E-state index in [1.165, 1.54) is 18.2 Å². The van der Waals surface area contributed by atoms with Crippen LogP contribution in [0.25, 0.3) is 0 Å². The van der Waals surface area contributed by atoms with Gasteiger partial charge in [0.1, 0.15) is 11.5 Å². The molecule has 108 valence electrons. The minimum atomic E-state index is -1.22. The van der Waals surface area contributed by atoms with Gasteiger partial charge in [0.2, 0.25) is 0 Å². The Balaban J connectivity index is 2.91. The molecule has 20 heavy (non-hydrogen) atoms. The lowest BCUT2D eigenvalue weighted by molar-refractivity contribution is -0.140. The van der Waals surface area contributed by atoms with E-state index in [4.69, 9.17) is 24.8 Å². The molecule has 0 unspecified atom stereocenters. The van der Waals surface area contributed by atoms with Crippen molar-refractivity contribution < 1.29 is 39.2 Å². The predicted molar refractivity (Wildman–Crippen MR) is 64.0 cm³/mol. The fourth-order valence-electron chi connectivity index (χ4n) is 1.35. The van der Waals surface area contributed by atoms with Crippen LogP contribution in [0, 0.1) is 0 Å². The number of rotatable bonds is 8. The van der Waals surface area contributed by atoms with Gasteiger partial charge in [-0.25, -0.2) is 9.59 Å². The highest BCUT2D eigenvalue weighted by Gasteiger charge is 2.12. The van der Waals surface area contributed by atoms with Gasteiger partial charge in [0.25, 0.3) is 0 Å². The molecule has 0 heterocycles. The van der Waals surface area contributed by atoms with Crippen molar-refractivity contribution in [2.24, 2.45) is 0 Å². The summed E-state index contributed by atoms with van der Waals surface area (Å²) in [7, 11) is 0. The number of hydrogen-bond acceptors (Lipinski definition) is 5. The van der Waals surface area contributed by atoms with E-state index in [2.05, 4.69) is 0 Å². The van der Waals surface area contributed by atoms with Crippen molar-refractivity contribution in [2.45, 2.75) is 6.42 Å². The Morgan fingerprint density at radius 1 is 0.900 bits per heavy atom. The Hall–Kier alpha value is -2.77. The SMILES string of the molecule is O=C(O)COc1ccc(CC(=O)O)c(OCC(=O)O)c1. The first-order valence-corrected chi connectivity index (χ1v) is 5.42. The zero-order valence-corrected chi connectivity index (χ0v) is 10.2. The summed E-state index contributed by atoms with van der Waals surface area (Å²) in [6.45, 7) is -1.22. The van der Waals surface area contributed by atoms with Crippen LogP contribution in [-0.4, -0.2) is 46.4 Å². The molecule has 1 aromatic rings. The Morgan fingerprint density at radius 3 is 2.05 bits per heavy atom. The van der Waals surface area contributed by atoms with Gasteiger partial charge in [-0.1, -0.05) is 6.07 Å². The highest BCUT2D eigenvalue weighted by Crippen LogP contribution is 2.25. The number of carboxylic acid groups (broad SMARTS) is 3. The van der Waals surface area contributed by atoms with Gasteiger partial charge in [0, 0.05) is 11.6 Å². The van der Waals surface area contributed by atoms with Gasteiger partial charge in [-0.05, 0) is 6.07 Å². The minimum Gasteiger partial charge on any atom is -0.482 e. The van der Waals surface area contributed by atoms with Gasteiger partial charge >= 0.3 is 17.9 Å². The van der Waals surface area contributed by atoms with Crippen molar-refractivity contribution in [3.63, 3.8) is 0 Å². The number of aliphatic carboxylic acids is 3. The van der Waals surface area contributed by atoms with Crippen LogP contribution in [0.15, 0.2) is 18.2 Å². The first kappa shape index (κ1) is 15.3. The minimum absolute atomic E-state index is 0.0256. The molecule has 8 nitrogen and oxygen atoms in total. The molecule has 3 N–H and O–H groups in total. The quantitative estimate of drug-likeness (QED) is 0.618. The topological polar surface area (TPSA) is 130 Å². The molecule has 0 fully saturated rings. The molecule has 0 aliphatic heterocycles. The molecule has 1 rings (SSSR count). The van der Waals surface area contributed by atoms with Crippen molar-refractivity contribution in [3.05, 3.63) is 23.8 Å². The first-order valence-electron chi connectivity index (χ1n) is 5.42. The maximum Gasteiger partial charge on any atom is 0.341 e. The van der Waals surface area contributed by atoms with E-state index in [-0.39, 0.29) is 23.5 Å². The highest BCUT2D eigenvalue weighted by atomic mass is 16.5. The maximum absolute atomic E-state index is 10.7. The highest BCUT2D eigenvalue weighted by molar-refractivity contribution is 5.72. The standard InChI is InChI=1S/C12H12O8/c13-10(14)3-7-1-2-8(19-5-11(15)16)4-9(7)20-6-12(17)18/h1-2,4H,3,5-6H2,(H,13,14)(H,15,16)(H,17,18). The number of carboxylic acids is 3. The zero-order valence-electron chi connectivity index (χ0n) is 10.2. The molecule has 0 spiro atoms. The van der Waals surface area contributed by atoms with E-state index in [1.54, 1.807) is 0 Å². The van der Waals surface area contributed by atoms with Crippen LogP contribution < -0.4 is 9.47 Å². The van der Waals surface area contributed by atoms with E-state index >= 15 is 0 Å². The van der Waals surface area contributed by atoms with Crippen LogP contribution in [0.5, 0.6) is 11.5 Å². The third-order valence-corrected chi connectivity index (χ3v) is 2.09. The molecule has 0 aromatic heterocycles. The summed E-state index contributed by atoms with van der Waals surface area (Å²) in [4.78, 5) is 31.5. The van der Waals surface area contributed by atoms with E-state index in [9.17, 15) is 14.4 Å². The van der Waals surface area contributed by atoms with Gasteiger partial charge in [-0.15, -0.1) is 0 Å². The van der Waals surface area contributed by atoms with E-state index in [0.29, 0.717) is 0 Å². The molecule has 0 radical (unpaired) electrons. The van der Waals surface area contributed by atoms with Gasteiger partial charge in [0.05, 0.1) is 6.42 Å². The maximum atomic E-state index is 10.7. The fourth-order valence-corrected chi connectivity index (χ4v) is 1.35. The summed E-state index contributed by atoms with van der Waals surface area (Å²) in [6, 6.07) is 4.02. The molecule has 1 aromatic carbocycles. The lowest BCUT2D eigenvalue weighted by atomic mass is 10.1. The summed E-state index contributed by atoms with van der Waals surface area (Å²) in [5.41, 5.74) is 0.265. The largest absolute Gasteiger partial charge is 0.482 e. The fraction of sp³-hybridized carbons (Fsp3) is 0.250. The van der Waals surface area contributed by atoms with Crippen LogP contribution in [-0.2, 0) is 20.8 Å². The molecule has 0 aliphatic rings. The summed E-state index contributed by atoms with van der Waals surface area (Å²) in [5, 5.41) is 25.8. The van der Waals surface area contributed by atoms with Crippen LogP contribution >= 0.6 is 0 Å². The number of benzene rings is 1. The smallest absolute Gasteiger partial charge is 0.341 e. The predicted octanol–water partition coefficient (Wildman–Crippen LogP) is 0.240. The zero-order chi connectivity index (χ0) is 15.1. The van der Waals surface area contributed by atoms with Crippen molar-refractivity contribution in [2.75, 3.05) is 13.2 Å². The van der Waals surface area contributed by atoms with Crippen LogP contribution in [0.2, 0.25) is 0 Å². The third kappa shape index (κ3) is 5.25. The lowest BCUT2D eigenvalue weighted by Crippen LogP contribution is -2.13. The molecule has 8 heteroatoms. The Labute approximate surface area is 113 Å². The monoisotopic (exact) mass is 284 g/mol. The average Bonchev–Trinajstić information content (AvgIpc) is 2.35. The van der Waals surface area contributed by atoms with Crippen molar-refractivity contribution >= 4 is 17.9 Å². The Kier molecular flexibility index (Phi) is 5.33. The summed E-state index contributed by atoms with van der Waals surface area (Å²) < 4.78 is 9.86. The van der Waals surface area contributed by atoms with Gasteiger partial charge < -0.3 is 24.8 Å². The molecule has 0 saturated carbocycles. The molecule has 0 bridgehead atoms. The average molecular weight is 284 g/mol. The van der Waals surface area contributed by atoms with Crippen molar-refractivity contribution in [1.29, 1.82) is 0 Å². The van der Waals surface area contributed by atoms with Gasteiger partial charge in [-0.3, -0.25) is 4.79 Å². The number of carbonyl (C=O) groups is 3. The molecule has 0 atom stereocenters. The number of hydrogen-bond donors (Lipinski definition) is 3. The normalized spacial score (nSPS) is 9.80. The summed E-state index contributed by atoms with van der Waals surface area (Å²) >= 11 is 0. The lowest BCUT2D eigenvalue weighted by Gasteiger charge is -2.11. The Morgan fingerprint density at radius 2 is 1.50 bits per heavy atom. The molecule has 0 saturated heterocycles. The first-order chi connectivity index (χ1) is 9.38. The van der Waals surface area contributed by atoms with Crippen LogP contribution in [0.1, 0.15) is 5.56 Å². The second-order valence-corrected chi connectivity index (χ2v) is 3.70. The van der Waals surface area contributed by atoms with Crippen molar-refractivity contribution in [3.8, 4) is 11.5 Å². The van der Waals surface area contributed by atoms with Gasteiger partial charge in [-0.2, -0.15) is 0 Å². The number of ether oxygens (including phenoxy) is 2. The second kappa shape index (κ2) is 6.98. The Bertz CT molecular complexity index is 522. The van der Waals surface area contributed by atoms with E-state index in [0.717, 1.165) is 0 Å². The third-order valence-electron chi connectivity index (χ3n) is 2.09. The van der Waals surface area contributed by atoms with Crippen molar-refractivity contribution in [1.82, 2.24) is 0 Å². The van der Waals surface area contributed by atoms with Crippen LogP contribution in [0.3, 0.4) is 0 Å². The second-order valence-electron chi connectivity index (χ2n) is 3.70. The van der Waals surface area contributed by atoms with E-state index in [1.807, 2.05) is 0 Å². The molecular weight excluding hydrogens is 272 g/mol. The summed E-state index contributed by atoms with van der Waals surface area (Å²) in [6.07, 6.45) is -0.353. The molecule has 0 amide bonds. The van der Waals surface area contributed by atoms with Gasteiger partial charge in [0.15, 0.2) is 13.2 Å². The molecular formula is C12H12O8. The summed E-state index contributed by atoms with van der Waals surface area (Å²) in [5.74, 6) is -3.33. The van der Waals surface area contributed by atoms with Crippen LogP contribution in [0.4, 0.5) is 0 Å². The van der Waals surface area contributed by atoms with E-state index < -0.39 is 31.1 Å².